The molecule has 0 spiro atoms. The molecule has 2 N–H and O–H groups in total. The Kier molecular flexibility index (Phi) is 4.09. The molecule has 8 heteroatoms. The van der Waals surface area contributed by atoms with Crippen LogP contribution in [-0.4, -0.2) is 24.8 Å². The molecule has 0 fully saturated rings. The molecule has 1 rings (SSSR count). The van der Waals surface area contributed by atoms with Gasteiger partial charge < -0.3 is 10.6 Å². The highest BCUT2D eigenvalue weighted by Crippen LogP contribution is 2.29. The van der Waals surface area contributed by atoms with Crippen molar-refractivity contribution in [2.75, 3.05) is 24.2 Å². The lowest BCUT2D eigenvalue weighted by atomic mass is 10.4. The molecule has 0 aliphatic carbocycles. The fourth-order valence-corrected chi connectivity index (χ4v) is 1.47. The number of rotatable bonds is 3. The van der Waals surface area contributed by atoms with Crippen LogP contribution >= 0.6 is 23.2 Å². The summed E-state index contributed by atoms with van der Waals surface area (Å²) in [5, 5.41) is 5.00. The van der Waals surface area contributed by atoms with Gasteiger partial charge in [-0.3, -0.25) is 0 Å². The van der Waals surface area contributed by atoms with Gasteiger partial charge in [-0.15, -0.1) is 0 Å². The molecule has 0 saturated heterocycles. The second-order valence-corrected chi connectivity index (χ2v) is 3.68. The Hall–Kier alpha value is -0.880. The second kappa shape index (κ2) is 4.97. The SMILES string of the molecule is CNc1nc(NCC(F)(F)F)c(Cl)cc1Cl. The van der Waals surface area contributed by atoms with Gasteiger partial charge in [0, 0.05) is 7.05 Å². The minimum atomic E-state index is -4.33. The van der Waals surface area contributed by atoms with E-state index in [0.717, 1.165) is 0 Å². The standard InChI is InChI=1S/C8H8Cl2F3N3/c1-14-6-4(9)2-5(10)7(16-6)15-3-8(11,12)13/h2H,3H2,1H3,(H2,14,15,16). The molecule has 0 bridgehead atoms. The number of aromatic nitrogens is 1. The normalized spacial score (nSPS) is 11.4. The summed E-state index contributed by atoms with van der Waals surface area (Å²) in [6.45, 7) is -1.20. The molecule has 90 valence electrons. The second-order valence-electron chi connectivity index (χ2n) is 2.87. The highest BCUT2D eigenvalue weighted by Gasteiger charge is 2.27. The van der Waals surface area contributed by atoms with Crippen LogP contribution in [0.1, 0.15) is 0 Å². The van der Waals surface area contributed by atoms with Crippen LogP contribution in [0.5, 0.6) is 0 Å². The van der Waals surface area contributed by atoms with Crippen LogP contribution in [0, 0.1) is 0 Å². The van der Waals surface area contributed by atoms with Crippen molar-refractivity contribution in [1.29, 1.82) is 0 Å². The highest BCUT2D eigenvalue weighted by atomic mass is 35.5. The monoisotopic (exact) mass is 273 g/mol. The third kappa shape index (κ3) is 3.61. The summed E-state index contributed by atoms with van der Waals surface area (Å²) in [6, 6.07) is 1.32. The van der Waals surface area contributed by atoms with Crippen molar-refractivity contribution in [3.8, 4) is 0 Å². The first-order chi connectivity index (χ1) is 7.33. The maximum atomic E-state index is 12.0. The third-order valence-electron chi connectivity index (χ3n) is 1.62. The van der Waals surface area contributed by atoms with Crippen LogP contribution in [-0.2, 0) is 0 Å². The zero-order valence-corrected chi connectivity index (χ0v) is 9.63. The van der Waals surface area contributed by atoms with E-state index in [1.54, 1.807) is 7.05 Å². The average molecular weight is 274 g/mol. The summed E-state index contributed by atoms with van der Waals surface area (Å²) in [5.74, 6) is 0.198. The molecule has 16 heavy (non-hydrogen) atoms. The first kappa shape index (κ1) is 13.2. The van der Waals surface area contributed by atoms with Crippen LogP contribution < -0.4 is 10.6 Å². The van der Waals surface area contributed by atoms with Gasteiger partial charge in [-0.2, -0.15) is 13.2 Å². The summed E-state index contributed by atoms with van der Waals surface area (Å²) >= 11 is 11.4. The number of halogens is 5. The molecule has 0 amide bonds. The number of pyridine rings is 1. The van der Waals surface area contributed by atoms with E-state index >= 15 is 0 Å². The highest BCUT2D eigenvalue weighted by molar-refractivity contribution is 6.37. The molecule has 3 nitrogen and oxygen atoms in total. The lowest BCUT2D eigenvalue weighted by Gasteiger charge is -2.12. The van der Waals surface area contributed by atoms with Crippen LogP contribution in [0.25, 0.3) is 0 Å². The van der Waals surface area contributed by atoms with Gasteiger partial charge in [0.1, 0.15) is 18.2 Å². The fourth-order valence-electron chi connectivity index (χ4n) is 0.950. The minimum Gasteiger partial charge on any atom is -0.372 e. The summed E-state index contributed by atoms with van der Waals surface area (Å²) in [4.78, 5) is 3.81. The number of nitrogens with one attached hydrogen (secondary N) is 2. The van der Waals surface area contributed by atoms with Crippen LogP contribution in [0.15, 0.2) is 6.07 Å². The van der Waals surface area contributed by atoms with Crippen molar-refractivity contribution in [1.82, 2.24) is 4.98 Å². The van der Waals surface area contributed by atoms with Crippen molar-refractivity contribution < 1.29 is 13.2 Å². The van der Waals surface area contributed by atoms with E-state index in [-0.39, 0.29) is 21.7 Å². The smallest absolute Gasteiger partial charge is 0.372 e. The molecular formula is C8H8Cl2F3N3. The fraction of sp³-hybridized carbons (Fsp3) is 0.375. The Bertz CT molecular complexity index is 382. The Morgan fingerprint density at radius 1 is 1.25 bits per heavy atom. The molecule has 0 aromatic carbocycles. The number of hydrogen-bond acceptors (Lipinski definition) is 3. The van der Waals surface area contributed by atoms with E-state index < -0.39 is 12.7 Å². The van der Waals surface area contributed by atoms with E-state index in [9.17, 15) is 13.2 Å². The maximum Gasteiger partial charge on any atom is 0.405 e. The van der Waals surface area contributed by atoms with Crippen LogP contribution in [0.4, 0.5) is 24.8 Å². The lowest BCUT2D eigenvalue weighted by Crippen LogP contribution is -2.22. The van der Waals surface area contributed by atoms with Crippen LogP contribution in [0.3, 0.4) is 0 Å². The third-order valence-corrected chi connectivity index (χ3v) is 2.20. The number of hydrogen-bond donors (Lipinski definition) is 2. The Labute approximate surface area is 99.9 Å². The predicted molar refractivity (Wildman–Crippen MR) is 58.3 cm³/mol. The van der Waals surface area contributed by atoms with Crippen molar-refractivity contribution in [2.45, 2.75) is 6.18 Å². The van der Waals surface area contributed by atoms with Gasteiger partial charge in [0.15, 0.2) is 0 Å². The minimum absolute atomic E-state index is 0.0354. The molecule has 1 aromatic heterocycles. The van der Waals surface area contributed by atoms with E-state index in [0.29, 0.717) is 0 Å². The Morgan fingerprint density at radius 2 is 1.81 bits per heavy atom. The first-order valence-electron chi connectivity index (χ1n) is 4.18. The van der Waals surface area contributed by atoms with Gasteiger partial charge in [-0.25, -0.2) is 4.98 Å². The van der Waals surface area contributed by atoms with E-state index in [1.165, 1.54) is 6.07 Å². The topological polar surface area (TPSA) is 37.0 Å². The quantitative estimate of drug-likeness (QED) is 0.886. The van der Waals surface area contributed by atoms with E-state index in [1.807, 2.05) is 0 Å². The van der Waals surface area contributed by atoms with Crippen molar-refractivity contribution in [3.05, 3.63) is 16.1 Å². The molecule has 0 aliphatic heterocycles. The predicted octanol–water partition coefficient (Wildman–Crippen LogP) is 3.40. The largest absolute Gasteiger partial charge is 0.405 e. The number of anilines is 2. The Morgan fingerprint density at radius 3 is 2.31 bits per heavy atom. The molecular weight excluding hydrogens is 266 g/mol. The molecule has 1 aromatic rings. The van der Waals surface area contributed by atoms with Crippen LogP contribution in [0.2, 0.25) is 10.0 Å². The zero-order valence-electron chi connectivity index (χ0n) is 8.12. The van der Waals surface area contributed by atoms with Crippen molar-refractivity contribution in [3.63, 3.8) is 0 Å². The molecule has 0 unspecified atom stereocenters. The number of alkyl halides is 3. The number of nitrogens with zero attached hydrogens (tertiary/aromatic N) is 1. The summed E-state index contributed by atoms with van der Waals surface area (Å²) in [5.41, 5.74) is 0. The van der Waals surface area contributed by atoms with E-state index in [2.05, 4.69) is 15.6 Å². The van der Waals surface area contributed by atoms with Gasteiger partial charge >= 0.3 is 6.18 Å². The Balaban J connectivity index is 2.88. The molecule has 0 aliphatic rings. The maximum absolute atomic E-state index is 12.0. The molecule has 1 heterocycles. The summed E-state index contributed by atoms with van der Waals surface area (Å²) in [6.07, 6.45) is -4.33. The van der Waals surface area contributed by atoms with Gasteiger partial charge in [0.05, 0.1) is 10.0 Å². The van der Waals surface area contributed by atoms with Gasteiger partial charge in [-0.05, 0) is 6.07 Å². The summed E-state index contributed by atoms with van der Waals surface area (Å²) in [7, 11) is 1.55. The summed E-state index contributed by atoms with van der Waals surface area (Å²) < 4.78 is 35.9. The lowest BCUT2D eigenvalue weighted by molar-refractivity contribution is -0.115. The average Bonchev–Trinajstić information content (AvgIpc) is 2.15. The van der Waals surface area contributed by atoms with Gasteiger partial charge in [0.25, 0.3) is 0 Å². The van der Waals surface area contributed by atoms with Crippen molar-refractivity contribution in [2.24, 2.45) is 0 Å². The van der Waals surface area contributed by atoms with E-state index in [4.69, 9.17) is 23.2 Å². The van der Waals surface area contributed by atoms with Gasteiger partial charge in [-0.1, -0.05) is 23.2 Å². The zero-order chi connectivity index (χ0) is 12.3. The molecule has 0 radical (unpaired) electrons. The molecule has 0 saturated carbocycles. The molecule has 0 atom stereocenters. The van der Waals surface area contributed by atoms with Crippen molar-refractivity contribution >= 4 is 34.8 Å². The first-order valence-corrected chi connectivity index (χ1v) is 4.93. The van der Waals surface area contributed by atoms with Gasteiger partial charge in [0.2, 0.25) is 0 Å².